The van der Waals surface area contributed by atoms with Gasteiger partial charge >= 0.3 is 0 Å². The number of hydrogen-bond donors (Lipinski definition) is 1. The number of aliphatic hydroxyl groups is 1. The quantitative estimate of drug-likeness (QED) is 0.736. The second-order valence-corrected chi connectivity index (χ2v) is 3.18. The largest absolute Gasteiger partial charge is 0.490 e. The Balaban J connectivity index is 2.07. The van der Waals surface area contributed by atoms with Crippen molar-refractivity contribution in [3.05, 3.63) is 29.6 Å². The Morgan fingerprint density at radius 1 is 1.57 bits per heavy atom. The van der Waals surface area contributed by atoms with Crippen LogP contribution in [0.15, 0.2) is 18.2 Å². The monoisotopic (exact) mass is 198 g/mol. The van der Waals surface area contributed by atoms with Crippen LogP contribution in [0.5, 0.6) is 5.75 Å². The van der Waals surface area contributed by atoms with Crippen LogP contribution in [0.25, 0.3) is 0 Å². The van der Waals surface area contributed by atoms with E-state index >= 15 is 0 Å². The topological polar surface area (TPSA) is 42.0 Å². The molecule has 0 amide bonds. The van der Waals surface area contributed by atoms with Crippen molar-refractivity contribution >= 4 is 0 Å². The van der Waals surface area contributed by atoms with Gasteiger partial charge in [-0.25, -0.2) is 4.39 Å². The summed E-state index contributed by atoms with van der Waals surface area (Å²) < 4.78 is 23.1. The minimum absolute atomic E-state index is 0.129. The maximum absolute atomic E-state index is 12.8. The van der Waals surface area contributed by atoms with E-state index in [4.69, 9.17) is 14.6 Å². The third-order valence-electron chi connectivity index (χ3n) is 2.03. The van der Waals surface area contributed by atoms with E-state index in [9.17, 15) is 4.39 Å². The van der Waals surface area contributed by atoms with Crippen molar-refractivity contribution < 1.29 is 19.0 Å². The van der Waals surface area contributed by atoms with Crippen LogP contribution in [0, 0.1) is 5.82 Å². The van der Waals surface area contributed by atoms with E-state index in [1.54, 1.807) is 0 Å². The molecule has 14 heavy (non-hydrogen) atoms. The molecule has 0 aliphatic carbocycles. The summed E-state index contributed by atoms with van der Waals surface area (Å²) >= 11 is 0. The highest BCUT2D eigenvalue weighted by Crippen LogP contribution is 2.21. The highest BCUT2D eigenvalue weighted by Gasteiger charge is 2.23. The molecule has 0 spiro atoms. The smallest absolute Gasteiger partial charge is 0.127 e. The van der Waals surface area contributed by atoms with E-state index < -0.39 is 0 Å². The number of halogens is 1. The van der Waals surface area contributed by atoms with Crippen LogP contribution >= 0.6 is 0 Å². The molecule has 1 fully saturated rings. The lowest BCUT2D eigenvalue weighted by atomic mass is 10.2. The molecular weight excluding hydrogens is 187 g/mol. The molecule has 0 aromatic heterocycles. The molecule has 76 valence electrons. The second-order valence-electron chi connectivity index (χ2n) is 3.18. The summed E-state index contributed by atoms with van der Waals surface area (Å²) in [6, 6.07) is 4.08. The van der Waals surface area contributed by atoms with Gasteiger partial charge in [-0.15, -0.1) is 0 Å². The zero-order valence-corrected chi connectivity index (χ0v) is 7.57. The van der Waals surface area contributed by atoms with Crippen LogP contribution in [-0.4, -0.2) is 24.4 Å². The molecule has 0 saturated carbocycles. The van der Waals surface area contributed by atoms with Gasteiger partial charge in [0.15, 0.2) is 0 Å². The van der Waals surface area contributed by atoms with E-state index in [1.165, 1.54) is 18.2 Å². The van der Waals surface area contributed by atoms with Gasteiger partial charge in [0.25, 0.3) is 0 Å². The molecule has 1 aromatic carbocycles. The molecule has 0 bridgehead atoms. The summed E-state index contributed by atoms with van der Waals surface area (Å²) in [4.78, 5) is 0. The van der Waals surface area contributed by atoms with Crippen molar-refractivity contribution in [1.82, 2.24) is 0 Å². The van der Waals surface area contributed by atoms with Crippen LogP contribution in [-0.2, 0) is 11.3 Å². The highest BCUT2D eigenvalue weighted by atomic mass is 19.1. The first kappa shape index (κ1) is 9.43. The Labute approximate surface area is 81.1 Å². The minimum atomic E-state index is -0.367. The van der Waals surface area contributed by atoms with Gasteiger partial charge in [0.05, 0.1) is 13.2 Å². The average Bonchev–Trinajstić information content (AvgIpc) is 2.98. The molecule has 1 aliphatic heterocycles. The highest BCUT2D eigenvalue weighted by molar-refractivity contribution is 5.33. The Kier molecular flexibility index (Phi) is 2.65. The summed E-state index contributed by atoms with van der Waals surface area (Å²) in [7, 11) is 0. The molecule has 4 heteroatoms. The SMILES string of the molecule is OCc1ccc(F)cc1OC[C@@H]1CO1. The van der Waals surface area contributed by atoms with Gasteiger partial charge in [-0.1, -0.05) is 6.07 Å². The molecular formula is C10H11FO3. The predicted octanol–water partition coefficient (Wildman–Crippen LogP) is 1.10. The first-order valence-corrected chi connectivity index (χ1v) is 4.43. The zero-order valence-electron chi connectivity index (χ0n) is 7.57. The van der Waals surface area contributed by atoms with Crippen molar-refractivity contribution in [2.75, 3.05) is 13.2 Å². The van der Waals surface area contributed by atoms with Crippen molar-refractivity contribution in [2.24, 2.45) is 0 Å². The molecule has 1 saturated heterocycles. The standard InChI is InChI=1S/C10H11FO3/c11-8-2-1-7(4-12)10(3-8)14-6-9-5-13-9/h1-3,9,12H,4-6H2/t9-/m0/s1. The first-order chi connectivity index (χ1) is 6.79. The van der Waals surface area contributed by atoms with Gasteiger partial charge in [0, 0.05) is 11.6 Å². The molecule has 1 atom stereocenters. The van der Waals surface area contributed by atoms with Gasteiger partial charge in [0.2, 0.25) is 0 Å². The van der Waals surface area contributed by atoms with E-state index in [2.05, 4.69) is 0 Å². The first-order valence-electron chi connectivity index (χ1n) is 4.43. The Hall–Kier alpha value is -1.13. The van der Waals surface area contributed by atoms with Gasteiger partial charge in [-0.3, -0.25) is 0 Å². The van der Waals surface area contributed by atoms with Gasteiger partial charge in [-0.2, -0.15) is 0 Å². The molecule has 1 aliphatic rings. The second kappa shape index (κ2) is 3.94. The zero-order chi connectivity index (χ0) is 9.97. The van der Waals surface area contributed by atoms with Crippen LogP contribution in [0.2, 0.25) is 0 Å². The lowest BCUT2D eigenvalue weighted by molar-refractivity contribution is 0.242. The fourth-order valence-electron chi connectivity index (χ4n) is 1.14. The number of epoxide rings is 1. The van der Waals surface area contributed by atoms with Gasteiger partial charge in [0.1, 0.15) is 24.3 Å². The van der Waals surface area contributed by atoms with Gasteiger partial charge in [-0.05, 0) is 6.07 Å². The van der Waals surface area contributed by atoms with Crippen molar-refractivity contribution in [1.29, 1.82) is 0 Å². The number of rotatable bonds is 4. The average molecular weight is 198 g/mol. The number of benzene rings is 1. The molecule has 1 N–H and O–H groups in total. The predicted molar refractivity (Wildman–Crippen MR) is 47.6 cm³/mol. The maximum Gasteiger partial charge on any atom is 0.127 e. The van der Waals surface area contributed by atoms with Crippen LogP contribution < -0.4 is 4.74 Å². The number of hydrogen-bond acceptors (Lipinski definition) is 3. The Morgan fingerprint density at radius 3 is 3.00 bits per heavy atom. The van der Waals surface area contributed by atoms with Crippen LogP contribution in [0.4, 0.5) is 4.39 Å². The van der Waals surface area contributed by atoms with Crippen molar-refractivity contribution in [2.45, 2.75) is 12.7 Å². The number of aliphatic hydroxyl groups excluding tert-OH is 1. The summed E-state index contributed by atoms with van der Waals surface area (Å²) in [5, 5.41) is 8.96. The lowest BCUT2D eigenvalue weighted by Gasteiger charge is -2.08. The van der Waals surface area contributed by atoms with E-state index in [0.29, 0.717) is 24.5 Å². The van der Waals surface area contributed by atoms with Crippen LogP contribution in [0.3, 0.4) is 0 Å². The van der Waals surface area contributed by atoms with E-state index in [1.807, 2.05) is 0 Å². The number of ether oxygens (including phenoxy) is 2. The maximum atomic E-state index is 12.8. The molecule has 3 nitrogen and oxygen atoms in total. The summed E-state index contributed by atoms with van der Waals surface area (Å²) in [5.74, 6) is 0.0249. The molecule has 1 heterocycles. The van der Waals surface area contributed by atoms with E-state index in [-0.39, 0.29) is 18.5 Å². The summed E-state index contributed by atoms with van der Waals surface area (Å²) in [6.07, 6.45) is 0.129. The van der Waals surface area contributed by atoms with E-state index in [0.717, 1.165) is 0 Å². The molecule has 0 unspecified atom stereocenters. The molecule has 0 radical (unpaired) electrons. The summed E-state index contributed by atoms with van der Waals surface area (Å²) in [6.45, 7) is 0.960. The van der Waals surface area contributed by atoms with Gasteiger partial charge < -0.3 is 14.6 Å². The molecule has 2 rings (SSSR count). The van der Waals surface area contributed by atoms with Crippen molar-refractivity contribution in [3.8, 4) is 5.75 Å². The lowest BCUT2D eigenvalue weighted by Crippen LogP contribution is -2.06. The third kappa shape index (κ3) is 2.21. The third-order valence-corrected chi connectivity index (χ3v) is 2.03. The van der Waals surface area contributed by atoms with Crippen LogP contribution in [0.1, 0.15) is 5.56 Å². The van der Waals surface area contributed by atoms with Crippen molar-refractivity contribution in [3.63, 3.8) is 0 Å². The minimum Gasteiger partial charge on any atom is -0.490 e. The Morgan fingerprint density at radius 2 is 2.36 bits per heavy atom. The fraction of sp³-hybridized carbons (Fsp3) is 0.400. The molecule has 1 aromatic rings. The summed E-state index contributed by atoms with van der Waals surface area (Å²) in [5.41, 5.74) is 0.590. The normalized spacial score (nSPS) is 19.4. The fourth-order valence-corrected chi connectivity index (χ4v) is 1.14. The Bertz CT molecular complexity index is 323.